The zero-order chi connectivity index (χ0) is 17.0. The summed E-state index contributed by atoms with van der Waals surface area (Å²) in [4.78, 5) is 16.4. The van der Waals surface area contributed by atoms with Crippen molar-refractivity contribution in [2.45, 2.75) is 31.6 Å². The molecule has 1 saturated carbocycles. The van der Waals surface area contributed by atoms with Gasteiger partial charge in [-0.25, -0.2) is 23.7 Å². The number of fused-ring (bicyclic) bond motifs is 2. The van der Waals surface area contributed by atoms with Crippen LogP contribution in [0.25, 0.3) is 27.8 Å². The smallest absolute Gasteiger partial charge is 0.280 e. The molecule has 4 heterocycles. The van der Waals surface area contributed by atoms with Crippen LogP contribution in [0.3, 0.4) is 0 Å². The molecule has 0 aromatic carbocycles. The van der Waals surface area contributed by atoms with Gasteiger partial charge in [-0.2, -0.15) is 0 Å². The highest BCUT2D eigenvalue weighted by atomic mass is 19.3. The molecule has 0 atom stereocenters. The number of pyridine rings is 1. The van der Waals surface area contributed by atoms with E-state index in [1.165, 1.54) is 17.0 Å². The summed E-state index contributed by atoms with van der Waals surface area (Å²) in [5, 5.41) is 0.890. The average molecular weight is 339 g/mol. The topological polar surface area (TPSA) is 58.9 Å². The van der Waals surface area contributed by atoms with E-state index >= 15 is 0 Å². The predicted octanol–water partition coefficient (Wildman–Crippen LogP) is 4.48. The maximum absolute atomic E-state index is 13.1. The molecule has 0 radical (unpaired) electrons. The lowest BCUT2D eigenvalue weighted by molar-refractivity contribution is 0.145. The molecule has 1 aliphatic rings. The maximum atomic E-state index is 13.1. The number of aromatic amines is 1. The molecule has 7 heteroatoms. The Bertz CT molecular complexity index is 1080. The minimum Gasteiger partial charge on any atom is -0.345 e. The van der Waals surface area contributed by atoms with Gasteiger partial charge in [0.15, 0.2) is 0 Å². The van der Waals surface area contributed by atoms with Crippen LogP contribution in [0.1, 0.15) is 43.1 Å². The second-order valence-corrected chi connectivity index (χ2v) is 6.45. The van der Waals surface area contributed by atoms with E-state index in [-0.39, 0.29) is 5.69 Å². The lowest BCUT2D eigenvalue weighted by atomic mass is 9.85. The first kappa shape index (κ1) is 14.5. The maximum Gasteiger partial charge on any atom is 0.280 e. The van der Waals surface area contributed by atoms with E-state index in [1.807, 2.05) is 18.5 Å². The summed E-state index contributed by atoms with van der Waals surface area (Å²) < 4.78 is 27.7. The van der Waals surface area contributed by atoms with E-state index < -0.39 is 6.43 Å². The number of H-pyrrole nitrogens is 1. The first-order valence-electron chi connectivity index (χ1n) is 8.30. The minimum absolute atomic E-state index is 0.111. The van der Waals surface area contributed by atoms with Crippen molar-refractivity contribution in [2.24, 2.45) is 0 Å². The Morgan fingerprint density at radius 1 is 1.16 bits per heavy atom. The van der Waals surface area contributed by atoms with Crippen molar-refractivity contribution >= 4 is 16.7 Å². The van der Waals surface area contributed by atoms with Crippen LogP contribution in [0.2, 0.25) is 0 Å². The summed E-state index contributed by atoms with van der Waals surface area (Å²) in [6, 6.07) is 3.61. The van der Waals surface area contributed by atoms with Gasteiger partial charge in [0.1, 0.15) is 22.8 Å². The molecule has 0 aliphatic heterocycles. The number of imidazole rings is 1. The molecule has 5 rings (SSSR count). The molecular formula is C18H15F2N5. The van der Waals surface area contributed by atoms with Crippen LogP contribution >= 0.6 is 0 Å². The van der Waals surface area contributed by atoms with Crippen molar-refractivity contribution in [3.05, 3.63) is 48.4 Å². The number of hydrogen-bond donors (Lipinski definition) is 1. The predicted molar refractivity (Wildman–Crippen MR) is 89.6 cm³/mol. The molecular weight excluding hydrogens is 324 g/mol. The Morgan fingerprint density at radius 2 is 2.04 bits per heavy atom. The van der Waals surface area contributed by atoms with Gasteiger partial charge in [-0.15, -0.1) is 0 Å². The summed E-state index contributed by atoms with van der Waals surface area (Å²) >= 11 is 0. The lowest BCUT2D eigenvalue weighted by Crippen LogP contribution is -2.12. The Balaban J connectivity index is 1.62. The van der Waals surface area contributed by atoms with Crippen LogP contribution < -0.4 is 0 Å². The average Bonchev–Trinajstić information content (AvgIpc) is 3.16. The van der Waals surface area contributed by atoms with Gasteiger partial charge in [-0.3, -0.25) is 4.40 Å². The fourth-order valence-electron chi connectivity index (χ4n) is 3.34. The zero-order valence-corrected chi connectivity index (χ0v) is 13.3. The van der Waals surface area contributed by atoms with Gasteiger partial charge in [0.25, 0.3) is 6.43 Å². The van der Waals surface area contributed by atoms with Gasteiger partial charge in [0.2, 0.25) is 0 Å². The molecule has 1 aliphatic carbocycles. The molecule has 1 fully saturated rings. The summed E-state index contributed by atoms with van der Waals surface area (Å²) in [5.41, 5.74) is 2.89. The molecule has 1 N–H and O–H groups in total. The standard InChI is InChI=1S/C18H15F2N5/c19-16(20)14-8-21-15-5-4-11(9-25(14)15)12-6-23-18-13(12)7-22-17(24-18)10-2-1-3-10/h4-10,16H,1-3H2,(H,22,23,24). The Labute approximate surface area is 141 Å². The van der Waals surface area contributed by atoms with Gasteiger partial charge in [0, 0.05) is 41.0 Å². The summed E-state index contributed by atoms with van der Waals surface area (Å²) in [5.74, 6) is 1.35. The van der Waals surface area contributed by atoms with Gasteiger partial charge in [-0.05, 0) is 25.0 Å². The molecule has 0 bridgehead atoms. The van der Waals surface area contributed by atoms with Crippen LogP contribution in [-0.4, -0.2) is 24.3 Å². The largest absolute Gasteiger partial charge is 0.345 e. The highest BCUT2D eigenvalue weighted by Crippen LogP contribution is 2.36. The van der Waals surface area contributed by atoms with Crippen molar-refractivity contribution in [1.82, 2.24) is 24.3 Å². The highest BCUT2D eigenvalue weighted by molar-refractivity contribution is 5.93. The Kier molecular flexibility index (Phi) is 3.10. The quantitative estimate of drug-likeness (QED) is 0.599. The van der Waals surface area contributed by atoms with Crippen LogP contribution in [0.4, 0.5) is 8.78 Å². The van der Waals surface area contributed by atoms with Crippen molar-refractivity contribution < 1.29 is 8.78 Å². The monoisotopic (exact) mass is 339 g/mol. The number of rotatable bonds is 3. The molecule has 126 valence electrons. The van der Waals surface area contributed by atoms with Crippen LogP contribution in [0.5, 0.6) is 0 Å². The number of aromatic nitrogens is 5. The van der Waals surface area contributed by atoms with Crippen LogP contribution in [-0.2, 0) is 0 Å². The van der Waals surface area contributed by atoms with E-state index in [1.54, 1.807) is 12.3 Å². The fraction of sp³-hybridized carbons (Fsp3) is 0.278. The lowest BCUT2D eigenvalue weighted by Gasteiger charge is -2.23. The van der Waals surface area contributed by atoms with E-state index in [9.17, 15) is 8.78 Å². The molecule has 25 heavy (non-hydrogen) atoms. The number of hydrogen-bond acceptors (Lipinski definition) is 3. The van der Waals surface area contributed by atoms with E-state index in [2.05, 4.69) is 19.9 Å². The second-order valence-electron chi connectivity index (χ2n) is 6.45. The Hall–Kier alpha value is -2.83. The molecule has 0 spiro atoms. The van der Waals surface area contributed by atoms with E-state index in [0.717, 1.165) is 40.8 Å². The number of alkyl halides is 2. The fourth-order valence-corrected chi connectivity index (χ4v) is 3.34. The van der Waals surface area contributed by atoms with Crippen molar-refractivity contribution in [1.29, 1.82) is 0 Å². The number of nitrogens with one attached hydrogen (secondary N) is 1. The summed E-state index contributed by atoms with van der Waals surface area (Å²) in [7, 11) is 0. The summed E-state index contributed by atoms with van der Waals surface area (Å²) in [6.07, 6.45) is 7.54. The molecule has 5 nitrogen and oxygen atoms in total. The van der Waals surface area contributed by atoms with Crippen molar-refractivity contribution in [2.75, 3.05) is 0 Å². The third-order valence-corrected chi connectivity index (χ3v) is 4.99. The van der Waals surface area contributed by atoms with Gasteiger partial charge in [0.05, 0.1) is 6.20 Å². The first-order chi connectivity index (χ1) is 12.2. The van der Waals surface area contributed by atoms with E-state index in [4.69, 9.17) is 0 Å². The normalized spacial score (nSPS) is 15.3. The highest BCUT2D eigenvalue weighted by Gasteiger charge is 2.23. The van der Waals surface area contributed by atoms with Gasteiger partial charge >= 0.3 is 0 Å². The molecule has 0 amide bonds. The Morgan fingerprint density at radius 3 is 2.80 bits per heavy atom. The van der Waals surface area contributed by atoms with Crippen molar-refractivity contribution in [3.8, 4) is 11.1 Å². The molecule has 0 saturated heterocycles. The molecule has 0 unspecified atom stereocenters. The zero-order valence-electron chi connectivity index (χ0n) is 13.3. The SMILES string of the molecule is FC(F)c1cnc2ccc(-c3c[nH]c4nc(C5CCC5)ncc34)cn12. The van der Waals surface area contributed by atoms with Gasteiger partial charge in [-0.1, -0.05) is 6.42 Å². The second kappa shape index (κ2) is 5.34. The third-order valence-electron chi connectivity index (χ3n) is 4.99. The molecule has 4 aromatic rings. The van der Waals surface area contributed by atoms with E-state index in [0.29, 0.717) is 11.6 Å². The van der Waals surface area contributed by atoms with Crippen LogP contribution in [0.15, 0.2) is 36.9 Å². The van der Waals surface area contributed by atoms with Crippen molar-refractivity contribution in [3.63, 3.8) is 0 Å². The summed E-state index contributed by atoms with van der Waals surface area (Å²) in [6.45, 7) is 0. The van der Waals surface area contributed by atoms with Crippen LogP contribution in [0, 0.1) is 0 Å². The third kappa shape index (κ3) is 2.22. The molecule has 4 aromatic heterocycles. The minimum atomic E-state index is -2.57. The first-order valence-corrected chi connectivity index (χ1v) is 8.30. The number of nitrogens with zero attached hydrogens (tertiary/aromatic N) is 4. The number of halogens is 2. The van der Waals surface area contributed by atoms with Gasteiger partial charge < -0.3 is 4.98 Å².